The van der Waals surface area contributed by atoms with Gasteiger partial charge in [0.2, 0.25) is 0 Å². The van der Waals surface area contributed by atoms with Gasteiger partial charge in [0.15, 0.2) is 0 Å². The van der Waals surface area contributed by atoms with E-state index in [0.717, 1.165) is 6.54 Å². The Bertz CT molecular complexity index is 683. The molecule has 2 aromatic carbocycles. The van der Waals surface area contributed by atoms with Crippen molar-refractivity contribution in [3.63, 3.8) is 0 Å². The fourth-order valence-electron chi connectivity index (χ4n) is 1.97. The molecule has 23 heavy (non-hydrogen) atoms. The molecule has 2 rings (SSSR count). The minimum absolute atomic E-state index is 0.0305. The summed E-state index contributed by atoms with van der Waals surface area (Å²) in [5.74, 6) is -0.903. The lowest BCUT2D eigenvalue weighted by Crippen LogP contribution is -2.16. The SMILES string of the molecule is CNCCOc1ccc(NC(=O)c2ccccc2C(=O)O)cc1. The molecule has 6 heteroatoms. The van der Waals surface area contributed by atoms with Crippen LogP contribution in [0.5, 0.6) is 5.75 Å². The molecule has 2 aromatic rings. The highest BCUT2D eigenvalue weighted by atomic mass is 16.5. The van der Waals surface area contributed by atoms with Gasteiger partial charge in [-0.1, -0.05) is 12.1 Å². The number of amides is 1. The van der Waals surface area contributed by atoms with Gasteiger partial charge in [0.1, 0.15) is 12.4 Å². The number of carbonyl (C=O) groups is 2. The summed E-state index contributed by atoms with van der Waals surface area (Å²) in [6, 6.07) is 13.0. The minimum Gasteiger partial charge on any atom is -0.492 e. The summed E-state index contributed by atoms with van der Waals surface area (Å²) in [4.78, 5) is 23.4. The second-order valence-corrected chi connectivity index (χ2v) is 4.78. The summed E-state index contributed by atoms with van der Waals surface area (Å²) in [5, 5.41) is 14.8. The monoisotopic (exact) mass is 314 g/mol. The van der Waals surface area contributed by atoms with Crippen molar-refractivity contribution >= 4 is 17.6 Å². The van der Waals surface area contributed by atoms with E-state index in [9.17, 15) is 9.59 Å². The highest BCUT2D eigenvalue weighted by Gasteiger charge is 2.15. The Morgan fingerprint density at radius 1 is 1.04 bits per heavy atom. The van der Waals surface area contributed by atoms with Crippen molar-refractivity contribution in [2.24, 2.45) is 0 Å². The van der Waals surface area contributed by atoms with Crippen LogP contribution >= 0.6 is 0 Å². The molecule has 0 aliphatic carbocycles. The molecule has 0 aliphatic heterocycles. The molecule has 0 saturated heterocycles. The van der Waals surface area contributed by atoms with E-state index in [1.807, 2.05) is 7.05 Å². The third-order valence-corrected chi connectivity index (χ3v) is 3.14. The lowest BCUT2D eigenvalue weighted by molar-refractivity contribution is 0.0692. The normalized spacial score (nSPS) is 10.1. The first-order chi connectivity index (χ1) is 11.1. The first kappa shape index (κ1) is 16.5. The van der Waals surface area contributed by atoms with Gasteiger partial charge in [-0.3, -0.25) is 4.79 Å². The number of aromatic carboxylic acids is 1. The molecule has 0 aromatic heterocycles. The van der Waals surface area contributed by atoms with E-state index in [-0.39, 0.29) is 11.1 Å². The Morgan fingerprint density at radius 2 is 1.70 bits per heavy atom. The molecule has 0 fully saturated rings. The van der Waals surface area contributed by atoms with Crippen molar-refractivity contribution in [2.75, 3.05) is 25.5 Å². The Hall–Kier alpha value is -2.86. The molecule has 0 aliphatic rings. The van der Waals surface area contributed by atoms with Crippen molar-refractivity contribution in [1.82, 2.24) is 5.32 Å². The van der Waals surface area contributed by atoms with Crippen molar-refractivity contribution in [3.05, 3.63) is 59.7 Å². The summed E-state index contributed by atoms with van der Waals surface area (Å²) in [5.41, 5.74) is 0.655. The van der Waals surface area contributed by atoms with Gasteiger partial charge in [-0.2, -0.15) is 0 Å². The Labute approximate surface area is 134 Å². The summed E-state index contributed by atoms with van der Waals surface area (Å²) in [6.45, 7) is 1.29. The summed E-state index contributed by atoms with van der Waals surface area (Å²) >= 11 is 0. The Morgan fingerprint density at radius 3 is 2.30 bits per heavy atom. The maximum absolute atomic E-state index is 12.2. The van der Waals surface area contributed by atoms with Gasteiger partial charge in [0.25, 0.3) is 5.91 Å². The van der Waals surface area contributed by atoms with Crippen LogP contribution in [0.25, 0.3) is 0 Å². The number of likely N-dealkylation sites (N-methyl/N-ethyl adjacent to an activating group) is 1. The molecule has 0 saturated carbocycles. The smallest absolute Gasteiger partial charge is 0.336 e. The standard InChI is InChI=1S/C17H18N2O4/c1-18-10-11-23-13-8-6-12(7-9-13)19-16(20)14-4-2-3-5-15(14)17(21)22/h2-9,18H,10-11H2,1H3,(H,19,20)(H,21,22). The highest BCUT2D eigenvalue weighted by Crippen LogP contribution is 2.17. The minimum atomic E-state index is -1.14. The number of carboxylic acid groups (broad SMARTS) is 1. The molecule has 120 valence electrons. The molecule has 0 bridgehead atoms. The average Bonchev–Trinajstić information content (AvgIpc) is 2.56. The maximum atomic E-state index is 12.2. The molecule has 0 unspecified atom stereocenters. The second-order valence-electron chi connectivity index (χ2n) is 4.78. The summed E-state index contributed by atoms with van der Waals surface area (Å²) in [7, 11) is 1.84. The second kappa shape index (κ2) is 7.95. The average molecular weight is 314 g/mol. The van der Waals surface area contributed by atoms with Crippen LogP contribution in [0.1, 0.15) is 20.7 Å². The van der Waals surface area contributed by atoms with Crippen LogP contribution in [0.3, 0.4) is 0 Å². The molecule has 0 atom stereocenters. The van der Waals surface area contributed by atoms with Crippen molar-refractivity contribution in [1.29, 1.82) is 0 Å². The summed E-state index contributed by atoms with van der Waals surface area (Å²) < 4.78 is 5.49. The van der Waals surface area contributed by atoms with E-state index in [4.69, 9.17) is 9.84 Å². The van der Waals surface area contributed by atoms with Crippen LogP contribution in [0.2, 0.25) is 0 Å². The Balaban J connectivity index is 2.05. The number of anilines is 1. The van der Waals surface area contributed by atoms with E-state index < -0.39 is 11.9 Å². The topological polar surface area (TPSA) is 87.7 Å². The van der Waals surface area contributed by atoms with Crippen molar-refractivity contribution in [3.8, 4) is 5.75 Å². The Kier molecular flexibility index (Phi) is 5.71. The van der Waals surface area contributed by atoms with Crippen molar-refractivity contribution < 1.29 is 19.4 Å². The number of nitrogens with one attached hydrogen (secondary N) is 2. The van der Waals surface area contributed by atoms with Crippen LogP contribution in [-0.2, 0) is 0 Å². The molecule has 3 N–H and O–H groups in total. The highest BCUT2D eigenvalue weighted by molar-refractivity contribution is 6.10. The van der Waals surface area contributed by atoms with Crippen LogP contribution in [0.4, 0.5) is 5.69 Å². The molecule has 1 amide bonds. The molecule has 6 nitrogen and oxygen atoms in total. The zero-order valence-electron chi connectivity index (χ0n) is 12.7. The molecule has 0 spiro atoms. The van der Waals surface area contributed by atoms with Crippen LogP contribution in [0.15, 0.2) is 48.5 Å². The predicted molar refractivity (Wildman–Crippen MR) is 87.2 cm³/mol. The third kappa shape index (κ3) is 4.55. The number of carbonyl (C=O) groups excluding carboxylic acids is 1. The van der Waals surface area contributed by atoms with Crippen LogP contribution in [-0.4, -0.2) is 37.2 Å². The number of hydrogen-bond acceptors (Lipinski definition) is 4. The van der Waals surface area contributed by atoms with Gasteiger partial charge >= 0.3 is 5.97 Å². The molecular formula is C17H18N2O4. The number of rotatable bonds is 7. The number of carboxylic acids is 1. The first-order valence-corrected chi connectivity index (χ1v) is 7.13. The van der Waals surface area contributed by atoms with E-state index in [1.165, 1.54) is 12.1 Å². The fourth-order valence-corrected chi connectivity index (χ4v) is 1.97. The third-order valence-electron chi connectivity index (χ3n) is 3.14. The maximum Gasteiger partial charge on any atom is 0.336 e. The molecule has 0 radical (unpaired) electrons. The lowest BCUT2D eigenvalue weighted by Gasteiger charge is -2.09. The summed E-state index contributed by atoms with van der Waals surface area (Å²) in [6.07, 6.45) is 0. The lowest BCUT2D eigenvalue weighted by atomic mass is 10.1. The van der Waals surface area contributed by atoms with E-state index >= 15 is 0 Å². The van der Waals surface area contributed by atoms with Crippen molar-refractivity contribution in [2.45, 2.75) is 0 Å². The van der Waals surface area contributed by atoms with Gasteiger partial charge < -0.3 is 20.5 Å². The molecule has 0 heterocycles. The van der Waals surface area contributed by atoms with E-state index in [1.54, 1.807) is 36.4 Å². The van der Waals surface area contributed by atoms with Gasteiger partial charge in [-0.25, -0.2) is 4.79 Å². The van der Waals surface area contributed by atoms with E-state index in [2.05, 4.69) is 10.6 Å². The van der Waals surface area contributed by atoms with Gasteiger partial charge in [0.05, 0.1) is 11.1 Å². The van der Waals surface area contributed by atoms with Gasteiger partial charge in [-0.05, 0) is 43.4 Å². The number of benzene rings is 2. The number of hydrogen-bond donors (Lipinski definition) is 3. The predicted octanol–water partition coefficient (Wildman–Crippen LogP) is 2.24. The van der Waals surface area contributed by atoms with Crippen LogP contribution in [0, 0.1) is 0 Å². The van der Waals surface area contributed by atoms with Gasteiger partial charge in [-0.15, -0.1) is 0 Å². The first-order valence-electron chi connectivity index (χ1n) is 7.13. The zero-order chi connectivity index (χ0) is 16.7. The van der Waals surface area contributed by atoms with Gasteiger partial charge in [0, 0.05) is 12.2 Å². The number of ether oxygens (including phenoxy) is 1. The zero-order valence-corrected chi connectivity index (χ0v) is 12.7. The largest absolute Gasteiger partial charge is 0.492 e. The van der Waals surface area contributed by atoms with E-state index in [0.29, 0.717) is 18.0 Å². The fraction of sp³-hybridized carbons (Fsp3) is 0.176. The quantitative estimate of drug-likeness (QED) is 0.682. The van der Waals surface area contributed by atoms with Crippen LogP contribution < -0.4 is 15.4 Å². The molecular weight excluding hydrogens is 296 g/mol.